The molecule has 0 saturated carbocycles. The standard InChI is InChI=1S/C18H14F2N4O/c19-13-3-5-16(15(20)8-13)24-18(25)17-6-4-14(11-23-17)22-10-12-2-1-7-21-9-12/h1-9,11,22H,10H2,(H,24,25). The fourth-order valence-corrected chi connectivity index (χ4v) is 2.12. The molecule has 2 heterocycles. The van der Waals surface area contributed by atoms with Crippen LogP contribution in [-0.2, 0) is 6.54 Å². The molecule has 1 aromatic carbocycles. The fraction of sp³-hybridized carbons (Fsp3) is 0.0556. The average Bonchev–Trinajstić information content (AvgIpc) is 2.63. The first-order chi connectivity index (χ1) is 12.1. The summed E-state index contributed by atoms with van der Waals surface area (Å²) in [6.45, 7) is 0.571. The lowest BCUT2D eigenvalue weighted by molar-refractivity contribution is 0.102. The van der Waals surface area contributed by atoms with Crippen LogP contribution in [0.25, 0.3) is 0 Å². The second-order valence-electron chi connectivity index (χ2n) is 5.23. The highest BCUT2D eigenvalue weighted by Crippen LogP contribution is 2.16. The summed E-state index contributed by atoms with van der Waals surface area (Å²) in [6, 6.07) is 9.92. The van der Waals surface area contributed by atoms with Crippen molar-refractivity contribution in [3.05, 3.63) is 83.9 Å². The highest BCUT2D eigenvalue weighted by Gasteiger charge is 2.11. The molecule has 0 aliphatic carbocycles. The van der Waals surface area contributed by atoms with E-state index in [1.54, 1.807) is 18.5 Å². The summed E-state index contributed by atoms with van der Waals surface area (Å²) in [5, 5.41) is 5.52. The number of carbonyl (C=O) groups is 1. The number of nitrogens with one attached hydrogen (secondary N) is 2. The molecule has 1 amide bonds. The SMILES string of the molecule is O=C(Nc1ccc(F)cc1F)c1ccc(NCc2cccnc2)cn1. The molecule has 3 aromatic rings. The number of aromatic nitrogens is 2. The summed E-state index contributed by atoms with van der Waals surface area (Å²) < 4.78 is 26.4. The van der Waals surface area contributed by atoms with E-state index >= 15 is 0 Å². The number of nitrogens with zero attached hydrogens (tertiary/aromatic N) is 2. The van der Waals surface area contributed by atoms with Crippen LogP contribution in [0.2, 0.25) is 0 Å². The fourth-order valence-electron chi connectivity index (χ4n) is 2.12. The molecule has 2 aromatic heterocycles. The number of pyridine rings is 2. The Morgan fingerprint density at radius 2 is 1.96 bits per heavy atom. The Labute approximate surface area is 142 Å². The van der Waals surface area contributed by atoms with Gasteiger partial charge in [-0.25, -0.2) is 13.8 Å². The first kappa shape index (κ1) is 16.5. The van der Waals surface area contributed by atoms with E-state index in [-0.39, 0.29) is 11.4 Å². The number of anilines is 2. The lowest BCUT2D eigenvalue weighted by Gasteiger charge is -2.08. The van der Waals surface area contributed by atoms with Crippen LogP contribution in [0.3, 0.4) is 0 Å². The number of hydrogen-bond donors (Lipinski definition) is 2. The quantitative estimate of drug-likeness (QED) is 0.744. The second-order valence-corrected chi connectivity index (χ2v) is 5.23. The van der Waals surface area contributed by atoms with Gasteiger partial charge in [-0.2, -0.15) is 0 Å². The number of hydrogen-bond acceptors (Lipinski definition) is 4. The maximum atomic E-state index is 13.6. The Bertz CT molecular complexity index is 870. The minimum absolute atomic E-state index is 0.105. The minimum atomic E-state index is -0.844. The van der Waals surface area contributed by atoms with Gasteiger partial charge in [-0.1, -0.05) is 6.07 Å². The van der Waals surface area contributed by atoms with Crippen LogP contribution in [0.15, 0.2) is 61.1 Å². The number of halogens is 2. The maximum Gasteiger partial charge on any atom is 0.274 e. The van der Waals surface area contributed by atoms with E-state index < -0.39 is 17.5 Å². The predicted octanol–water partition coefficient (Wildman–Crippen LogP) is 3.62. The van der Waals surface area contributed by atoms with Crippen molar-refractivity contribution in [2.75, 3.05) is 10.6 Å². The highest BCUT2D eigenvalue weighted by molar-refractivity contribution is 6.03. The summed E-state index contributed by atoms with van der Waals surface area (Å²) in [5.41, 5.74) is 1.76. The Hall–Kier alpha value is -3.35. The van der Waals surface area contributed by atoms with Crippen LogP contribution < -0.4 is 10.6 Å². The molecule has 25 heavy (non-hydrogen) atoms. The zero-order valence-corrected chi connectivity index (χ0v) is 13.0. The molecule has 0 unspecified atom stereocenters. The second kappa shape index (κ2) is 7.48. The third-order valence-electron chi connectivity index (χ3n) is 3.39. The highest BCUT2D eigenvalue weighted by atomic mass is 19.1. The van der Waals surface area contributed by atoms with E-state index in [0.29, 0.717) is 12.6 Å². The van der Waals surface area contributed by atoms with E-state index in [2.05, 4.69) is 20.6 Å². The lowest BCUT2D eigenvalue weighted by Crippen LogP contribution is -2.14. The summed E-state index contributed by atoms with van der Waals surface area (Å²) in [5.74, 6) is -2.13. The van der Waals surface area contributed by atoms with E-state index in [1.807, 2.05) is 12.1 Å². The van der Waals surface area contributed by atoms with Gasteiger partial charge in [0.2, 0.25) is 0 Å². The van der Waals surface area contributed by atoms with Gasteiger partial charge in [-0.05, 0) is 35.9 Å². The monoisotopic (exact) mass is 340 g/mol. The van der Waals surface area contributed by atoms with Crippen molar-refractivity contribution in [3.8, 4) is 0 Å². The summed E-state index contributed by atoms with van der Waals surface area (Å²) in [7, 11) is 0. The predicted molar refractivity (Wildman–Crippen MR) is 90.1 cm³/mol. The molecule has 7 heteroatoms. The molecule has 0 saturated heterocycles. The van der Waals surface area contributed by atoms with Gasteiger partial charge >= 0.3 is 0 Å². The zero-order chi connectivity index (χ0) is 17.6. The van der Waals surface area contributed by atoms with Gasteiger partial charge in [0.05, 0.1) is 17.6 Å². The van der Waals surface area contributed by atoms with Gasteiger partial charge in [0.15, 0.2) is 0 Å². The van der Waals surface area contributed by atoms with Crippen LogP contribution in [-0.4, -0.2) is 15.9 Å². The van der Waals surface area contributed by atoms with E-state index in [9.17, 15) is 13.6 Å². The number of amides is 1. The summed E-state index contributed by atoms with van der Waals surface area (Å²) in [4.78, 5) is 20.2. The Morgan fingerprint density at radius 3 is 2.64 bits per heavy atom. The molecule has 2 N–H and O–H groups in total. The Balaban J connectivity index is 1.62. The van der Waals surface area contributed by atoms with Gasteiger partial charge < -0.3 is 10.6 Å². The van der Waals surface area contributed by atoms with Crippen molar-refractivity contribution in [3.63, 3.8) is 0 Å². The van der Waals surface area contributed by atoms with Gasteiger partial charge in [-0.15, -0.1) is 0 Å². The van der Waals surface area contributed by atoms with E-state index in [0.717, 1.165) is 23.4 Å². The van der Waals surface area contributed by atoms with Gasteiger partial charge in [0.25, 0.3) is 5.91 Å². The molecule has 0 aliphatic rings. The lowest BCUT2D eigenvalue weighted by atomic mass is 10.2. The van der Waals surface area contributed by atoms with Crippen molar-refractivity contribution in [1.82, 2.24) is 9.97 Å². The molecule has 0 fully saturated rings. The van der Waals surface area contributed by atoms with Crippen LogP contribution >= 0.6 is 0 Å². The van der Waals surface area contributed by atoms with E-state index in [1.165, 1.54) is 12.3 Å². The smallest absolute Gasteiger partial charge is 0.274 e. The van der Waals surface area contributed by atoms with Crippen molar-refractivity contribution in [2.45, 2.75) is 6.54 Å². The Kier molecular flexibility index (Phi) is 4.94. The van der Waals surface area contributed by atoms with Crippen molar-refractivity contribution >= 4 is 17.3 Å². The largest absolute Gasteiger partial charge is 0.380 e. The normalized spacial score (nSPS) is 10.3. The third-order valence-corrected chi connectivity index (χ3v) is 3.39. The molecule has 0 aliphatic heterocycles. The molecular weight excluding hydrogens is 326 g/mol. The van der Waals surface area contributed by atoms with Crippen LogP contribution in [0.5, 0.6) is 0 Å². The van der Waals surface area contributed by atoms with Crippen molar-refractivity contribution < 1.29 is 13.6 Å². The molecule has 126 valence electrons. The van der Waals surface area contributed by atoms with E-state index in [4.69, 9.17) is 0 Å². The average molecular weight is 340 g/mol. The van der Waals surface area contributed by atoms with Crippen molar-refractivity contribution in [2.24, 2.45) is 0 Å². The maximum absolute atomic E-state index is 13.6. The van der Waals surface area contributed by atoms with Crippen LogP contribution in [0.1, 0.15) is 16.1 Å². The molecule has 3 rings (SSSR count). The molecule has 0 atom stereocenters. The summed E-state index contributed by atoms with van der Waals surface area (Å²) >= 11 is 0. The number of benzene rings is 1. The third kappa shape index (κ3) is 4.35. The van der Waals surface area contributed by atoms with Crippen LogP contribution in [0, 0.1) is 11.6 Å². The van der Waals surface area contributed by atoms with Gasteiger partial charge in [0, 0.05) is 25.0 Å². The molecule has 0 radical (unpaired) electrons. The summed E-state index contributed by atoms with van der Waals surface area (Å²) in [6.07, 6.45) is 4.95. The number of carbonyl (C=O) groups excluding carboxylic acids is 1. The van der Waals surface area contributed by atoms with Crippen LogP contribution in [0.4, 0.5) is 20.2 Å². The van der Waals surface area contributed by atoms with Crippen molar-refractivity contribution in [1.29, 1.82) is 0 Å². The first-order valence-corrected chi connectivity index (χ1v) is 7.47. The van der Waals surface area contributed by atoms with Gasteiger partial charge in [0.1, 0.15) is 17.3 Å². The minimum Gasteiger partial charge on any atom is -0.380 e. The molecule has 0 spiro atoms. The Morgan fingerprint density at radius 1 is 1.08 bits per heavy atom. The number of rotatable bonds is 5. The molecule has 5 nitrogen and oxygen atoms in total. The topological polar surface area (TPSA) is 66.9 Å². The zero-order valence-electron chi connectivity index (χ0n) is 13.0. The molecule has 0 bridgehead atoms. The molecular formula is C18H14F2N4O. The van der Waals surface area contributed by atoms with Gasteiger partial charge in [-0.3, -0.25) is 9.78 Å². The first-order valence-electron chi connectivity index (χ1n) is 7.47.